The lowest BCUT2D eigenvalue weighted by molar-refractivity contribution is 0.586. The van der Waals surface area contributed by atoms with Crippen molar-refractivity contribution in [3.63, 3.8) is 0 Å². The van der Waals surface area contributed by atoms with Crippen LogP contribution in [0.1, 0.15) is 26.3 Å². The van der Waals surface area contributed by atoms with Crippen LogP contribution in [0, 0.1) is 5.41 Å². The Hall–Kier alpha value is -1.44. The highest BCUT2D eigenvalue weighted by Gasteiger charge is 2.23. The van der Waals surface area contributed by atoms with Gasteiger partial charge in [-0.15, -0.1) is 0 Å². The first kappa shape index (κ1) is 10.1. The molecule has 0 saturated carbocycles. The lowest BCUT2D eigenvalue weighted by Gasteiger charge is -2.16. The zero-order valence-electron chi connectivity index (χ0n) is 9.49. The Bertz CT molecular complexity index is 408. The van der Waals surface area contributed by atoms with Gasteiger partial charge in [0.25, 0.3) is 0 Å². The Labute approximate surface area is 90.8 Å². The number of amidine groups is 1. The summed E-state index contributed by atoms with van der Waals surface area (Å²) in [5, 5.41) is 0. The Morgan fingerprint density at radius 3 is 2.27 bits per heavy atom. The Kier molecular flexibility index (Phi) is 2.43. The third-order valence-electron chi connectivity index (χ3n) is 2.52. The van der Waals surface area contributed by atoms with E-state index in [-0.39, 0.29) is 5.41 Å². The lowest BCUT2D eigenvalue weighted by atomic mass is 9.90. The minimum Gasteiger partial charge on any atom is -0.260 e. The van der Waals surface area contributed by atoms with Crippen molar-refractivity contribution >= 4 is 11.5 Å². The summed E-state index contributed by atoms with van der Waals surface area (Å²) in [6.45, 7) is 7.27. The molecule has 1 heterocycles. The van der Waals surface area contributed by atoms with Gasteiger partial charge in [-0.3, -0.25) is 4.99 Å². The largest absolute Gasteiger partial charge is 0.260 e. The highest BCUT2D eigenvalue weighted by atomic mass is 15.0. The van der Waals surface area contributed by atoms with E-state index in [0.717, 1.165) is 17.9 Å². The normalized spacial score (nSPS) is 16.2. The zero-order valence-corrected chi connectivity index (χ0v) is 9.49. The first-order valence-electron chi connectivity index (χ1n) is 5.25. The van der Waals surface area contributed by atoms with Gasteiger partial charge in [0.05, 0.1) is 6.54 Å². The molecule has 2 heteroatoms. The molecule has 0 spiro atoms. The van der Waals surface area contributed by atoms with Crippen LogP contribution in [0.2, 0.25) is 0 Å². The molecule has 0 bridgehead atoms. The summed E-state index contributed by atoms with van der Waals surface area (Å²) in [5.74, 6) is 0.875. The molecule has 0 amide bonds. The summed E-state index contributed by atoms with van der Waals surface area (Å²) in [6.07, 6.45) is 0. The Morgan fingerprint density at radius 2 is 1.73 bits per heavy atom. The van der Waals surface area contributed by atoms with E-state index >= 15 is 0 Å². The van der Waals surface area contributed by atoms with E-state index in [2.05, 4.69) is 30.8 Å². The molecule has 1 aromatic rings. The van der Waals surface area contributed by atoms with Gasteiger partial charge < -0.3 is 0 Å². The molecule has 0 aromatic heterocycles. The third kappa shape index (κ3) is 2.14. The minimum atomic E-state index is 0.125. The monoisotopic (exact) mass is 200 g/mol. The van der Waals surface area contributed by atoms with E-state index in [0.29, 0.717) is 0 Å². The number of hydrogen-bond donors (Lipinski definition) is 0. The van der Waals surface area contributed by atoms with Crippen molar-refractivity contribution in [2.24, 2.45) is 15.4 Å². The third-order valence-corrected chi connectivity index (χ3v) is 2.52. The van der Waals surface area contributed by atoms with Gasteiger partial charge in [0, 0.05) is 16.7 Å². The molecule has 0 radical (unpaired) electrons. The molecule has 0 saturated heterocycles. The fraction of sp³-hybridized carbons (Fsp3) is 0.385. The number of benzene rings is 1. The van der Waals surface area contributed by atoms with Crippen molar-refractivity contribution in [3.05, 3.63) is 35.9 Å². The molecule has 0 atom stereocenters. The van der Waals surface area contributed by atoms with E-state index in [9.17, 15) is 0 Å². The predicted molar refractivity (Wildman–Crippen MR) is 64.7 cm³/mol. The molecule has 0 aliphatic carbocycles. The SMILES string of the molecule is CC(C)(C)C1=NC(c2ccccc2)=NC1. The number of hydrogen-bond acceptors (Lipinski definition) is 2. The highest BCUT2D eigenvalue weighted by Crippen LogP contribution is 2.21. The lowest BCUT2D eigenvalue weighted by Crippen LogP contribution is -2.21. The summed E-state index contributed by atoms with van der Waals surface area (Å²) in [7, 11) is 0. The first-order chi connectivity index (χ1) is 7.07. The molecule has 1 aliphatic rings. The van der Waals surface area contributed by atoms with Crippen molar-refractivity contribution in [2.45, 2.75) is 20.8 Å². The van der Waals surface area contributed by atoms with Gasteiger partial charge in [-0.2, -0.15) is 0 Å². The average molecular weight is 200 g/mol. The molecule has 15 heavy (non-hydrogen) atoms. The van der Waals surface area contributed by atoms with Crippen molar-refractivity contribution in [1.29, 1.82) is 0 Å². The molecular formula is C13H16N2. The summed E-state index contributed by atoms with van der Waals surface area (Å²) < 4.78 is 0. The van der Waals surface area contributed by atoms with Gasteiger partial charge in [0.15, 0.2) is 5.84 Å². The molecule has 1 aromatic carbocycles. The van der Waals surface area contributed by atoms with Crippen LogP contribution in [0.15, 0.2) is 40.3 Å². The molecule has 78 valence electrons. The van der Waals surface area contributed by atoms with Crippen LogP contribution >= 0.6 is 0 Å². The van der Waals surface area contributed by atoms with E-state index in [1.54, 1.807) is 0 Å². The maximum atomic E-state index is 4.60. The fourth-order valence-corrected chi connectivity index (χ4v) is 1.50. The van der Waals surface area contributed by atoms with Gasteiger partial charge in [-0.1, -0.05) is 51.1 Å². The second-order valence-electron chi connectivity index (χ2n) is 4.81. The second kappa shape index (κ2) is 3.61. The summed E-state index contributed by atoms with van der Waals surface area (Å²) in [5.41, 5.74) is 2.40. The van der Waals surface area contributed by atoms with Gasteiger partial charge in [0.1, 0.15) is 0 Å². The van der Waals surface area contributed by atoms with Crippen molar-refractivity contribution in [1.82, 2.24) is 0 Å². The molecular weight excluding hydrogens is 184 g/mol. The quantitative estimate of drug-likeness (QED) is 0.666. The molecule has 2 nitrogen and oxygen atoms in total. The molecule has 0 unspecified atom stereocenters. The van der Waals surface area contributed by atoms with Crippen molar-refractivity contribution in [3.8, 4) is 0 Å². The van der Waals surface area contributed by atoms with Crippen LogP contribution in [0.25, 0.3) is 0 Å². The summed E-state index contributed by atoms with van der Waals surface area (Å²) in [6, 6.07) is 10.1. The van der Waals surface area contributed by atoms with Crippen molar-refractivity contribution < 1.29 is 0 Å². The maximum Gasteiger partial charge on any atom is 0.154 e. The minimum absolute atomic E-state index is 0.125. The molecule has 0 N–H and O–H groups in total. The number of aliphatic imine (C=N–C) groups is 2. The van der Waals surface area contributed by atoms with Gasteiger partial charge >= 0.3 is 0 Å². The highest BCUT2D eigenvalue weighted by molar-refractivity contribution is 6.12. The van der Waals surface area contributed by atoms with Gasteiger partial charge in [-0.25, -0.2) is 4.99 Å². The van der Waals surface area contributed by atoms with Crippen molar-refractivity contribution in [2.75, 3.05) is 6.54 Å². The number of nitrogens with zero attached hydrogens (tertiary/aromatic N) is 2. The molecule has 0 fully saturated rings. The van der Waals surface area contributed by atoms with E-state index in [4.69, 9.17) is 0 Å². The maximum absolute atomic E-state index is 4.60. The van der Waals surface area contributed by atoms with E-state index in [1.165, 1.54) is 5.71 Å². The fourth-order valence-electron chi connectivity index (χ4n) is 1.50. The van der Waals surface area contributed by atoms with Gasteiger partial charge in [0.2, 0.25) is 0 Å². The van der Waals surface area contributed by atoms with Crippen LogP contribution in [0.4, 0.5) is 0 Å². The zero-order chi connectivity index (χ0) is 10.9. The van der Waals surface area contributed by atoms with E-state index in [1.807, 2.05) is 30.3 Å². The van der Waals surface area contributed by atoms with Crippen LogP contribution in [-0.4, -0.2) is 18.1 Å². The average Bonchev–Trinajstić information content (AvgIpc) is 2.67. The first-order valence-corrected chi connectivity index (χ1v) is 5.25. The van der Waals surface area contributed by atoms with Crippen LogP contribution < -0.4 is 0 Å². The molecule has 2 rings (SSSR count). The smallest absolute Gasteiger partial charge is 0.154 e. The second-order valence-corrected chi connectivity index (χ2v) is 4.81. The number of rotatable bonds is 1. The topological polar surface area (TPSA) is 24.7 Å². The Balaban J connectivity index is 2.26. The standard InChI is InChI=1S/C13H16N2/c1-13(2,3)11-9-14-12(15-11)10-7-5-4-6-8-10/h4-8H,9H2,1-3H3. The summed E-state index contributed by atoms with van der Waals surface area (Å²) >= 11 is 0. The summed E-state index contributed by atoms with van der Waals surface area (Å²) in [4.78, 5) is 9.06. The molecule has 1 aliphatic heterocycles. The van der Waals surface area contributed by atoms with Gasteiger partial charge in [-0.05, 0) is 0 Å². The van der Waals surface area contributed by atoms with E-state index < -0.39 is 0 Å². The van der Waals surface area contributed by atoms with Crippen LogP contribution in [0.5, 0.6) is 0 Å². The Morgan fingerprint density at radius 1 is 1.07 bits per heavy atom. The van der Waals surface area contributed by atoms with Crippen LogP contribution in [0.3, 0.4) is 0 Å². The predicted octanol–water partition coefficient (Wildman–Crippen LogP) is 2.93. The van der Waals surface area contributed by atoms with Crippen LogP contribution in [-0.2, 0) is 0 Å².